The third-order valence-electron chi connectivity index (χ3n) is 4.99. The van der Waals surface area contributed by atoms with E-state index in [1.165, 1.54) is 14.2 Å². The number of aryl methyl sites for hydroxylation is 2. The molecule has 9 nitrogen and oxygen atoms in total. The van der Waals surface area contributed by atoms with E-state index >= 15 is 0 Å². The maximum absolute atomic E-state index is 12.8. The summed E-state index contributed by atoms with van der Waals surface area (Å²) in [7, 11) is 3.02. The van der Waals surface area contributed by atoms with Crippen molar-refractivity contribution in [2.45, 2.75) is 26.7 Å². The number of fused-ring (bicyclic) bond motifs is 1. The molecule has 0 fully saturated rings. The fraction of sp³-hybridized carbons (Fsp3) is 0.333. The first-order valence-corrected chi connectivity index (χ1v) is 10.4. The molecule has 0 unspecified atom stereocenters. The monoisotopic (exact) mass is 454 g/mol. The molecule has 2 aromatic carbocycles. The number of benzene rings is 2. The van der Waals surface area contributed by atoms with E-state index in [0.29, 0.717) is 40.3 Å². The van der Waals surface area contributed by atoms with E-state index in [9.17, 15) is 14.4 Å². The predicted molar refractivity (Wildman–Crippen MR) is 122 cm³/mol. The minimum absolute atomic E-state index is 0.0605. The SMILES string of the molecule is COc1cc(OC)c2c(=O)[nH]c(-c3cc(C)c(OCCOC(=O)CCC=O)c(C)c3)nc2c1. The summed E-state index contributed by atoms with van der Waals surface area (Å²) in [6, 6.07) is 7.04. The Morgan fingerprint density at radius 3 is 2.42 bits per heavy atom. The molecule has 9 heteroatoms. The summed E-state index contributed by atoms with van der Waals surface area (Å²) in [5.41, 5.74) is 2.53. The normalized spacial score (nSPS) is 10.7. The van der Waals surface area contributed by atoms with Crippen LogP contribution in [0.25, 0.3) is 22.3 Å². The molecule has 0 aliphatic rings. The second-order valence-corrected chi connectivity index (χ2v) is 7.35. The lowest BCUT2D eigenvalue weighted by Gasteiger charge is -2.14. The Labute approximate surface area is 190 Å². The molecule has 0 atom stereocenters. The average molecular weight is 454 g/mol. The summed E-state index contributed by atoms with van der Waals surface area (Å²) in [5.74, 6) is 1.55. The second kappa shape index (κ2) is 10.6. The van der Waals surface area contributed by atoms with Crippen molar-refractivity contribution >= 4 is 23.2 Å². The zero-order valence-electron chi connectivity index (χ0n) is 19.0. The van der Waals surface area contributed by atoms with Gasteiger partial charge in [0.2, 0.25) is 0 Å². The Morgan fingerprint density at radius 2 is 1.79 bits per heavy atom. The van der Waals surface area contributed by atoms with Crippen LogP contribution in [-0.4, -0.2) is 49.7 Å². The number of ether oxygens (including phenoxy) is 4. The summed E-state index contributed by atoms with van der Waals surface area (Å²) in [4.78, 5) is 42.0. The van der Waals surface area contributed by atoms with Crippen LogP contribution in [0.2, 0.25) is 0 Å². The van der Waals surface area contributed by atoms with Crippen molar-refractivity contribution in [2.75, 3.05) is 27.4 Å². The van der Waals surface area contributed by atoms with Crippen LogP contribution in [0.15, 0.2) is 29.1 Å². The van der Waals surface area contributed by atoms with E-state index in [-0.39, 0.29) is 31.6 Å². The number of esters is 1. The average Bonchev–Trinajstić information content (AvgIpc) is 2.80. The first-order chi connectivity index (χ1) is 15.9. The number of nitrogens with one attached hydrogen (secondary N) is 1. The van der Waals surface area contributed by atoms with Crippen molar-refractivity contribution in [3.63, 3.8) is 0 Å². The number of H-pyrrole nitrogens is 1. The number of aromatic amines is 1. The van der Waals surface area contributed by atoms with Gasteiger partial charge < -0.3 is 28.7 Å². The van der Waals surface area contributed by atoms with Crippen LogP contribution >= 0.6 is 0 Å². The molecule has 1 N–H and O–H groups in total. The molecule has 1 heterocycles. The third kappa shape index (κ3) is 5.49. The van der Waals surface area contributed by atoms with Gasteiger partial charge in [0.15, 0.2) is 0 Å². The van der Waals surface area contributed by atoms with Crippen LogP contribution in [0, 0.1) is 13.8 Å². The summed E-state index contributed by atoms with van der Waals surface area (Å²) < 4.78 is 21.5. The molecule has 0 saturated heterocycles. The Morgan fingerprint density at radius 1 is 1.06 bits per heavy atom. The van der Waals surface area contributed by atoms with Gasteiger partial charge in [-0.2, -0.15) is 0 Å². The Balaban J connectivity index is 1.84. The first-order valence-electron chi connectivity index (χ1n) is 10.4. The Hall–Kier alpha value is -3.88. The summed E-state index contributed by atoms with van der Waals surface area (Å²) in [6.45, 7) is 4.03. The number of aromatic nitrogens is 2. The van der Waals surface area contributed by atoms with Crippen LogP contribution in [0.4, 0.5) is 0 Å². The maximum atomic E-state index is 12.8. The largest absolute Gasteiger partial charge is 0.497 e. The summed E-state index contributed by atoms with van der Waals surface area (Å²) >= 11 is 0. The van der Waals surface area contributed by atoms with E-state index in [4.69, 9.17) is 18.9 Å². The topological polar surface area (TPSA) is 117 Å². The van der Waals surface area contributed by atoms with Crippen molar-refractivity contribution in [2.24, 2.45) is 0 Å². The van der Waals surface area contributed by atoms with Crippen molar-refractivity contribution in [3.8, 4) is 28.6 Å². The quantitative estimate of drug-likeness (QED) is 0.282. The molecule has 3 rings (SSSR count). The minimum Gasteiger partial charge on any atom is -0.497 e. The molecule has 0 aliphatic carbocycles. The molecule has 0 saturated carbocycles. The number of hydrogen-bond acceptors (Lipinski definition) is 8. The number of carbonyl (C=O) groups excluding carboxylic acids is 2. The van der Waals surface area contributed by atoms with Crippen molar-refractivity contribution < 1.29 is 28.5 Å². The number of carbonyl (C=O) groups is 2. The van der Waals surface area contributed by atoms with Gasteiger partial charge in [-0.15, -0.1) is 0 Å². The van der Waals surface area contributed by atoms with Gasteiger partial charge in [0.05, 0.1) is 26.2 Å². The van der Waals surface area contributed by atoms with Crippen LogP contribution < -0.4 is 19.8 Å². The molecule has 0 amide bonds. The molecule has 0 radical (unpaired) electrons. The predicted octanol–water partition coefficient (Wildman–Crippen LogP) is 3.13. The highest BCUT2D eigenvalue weighted by atomic mass is 16.6. The molecule has 174 valence electrons. The lowest BCUT2D eigenvalue weighted by atomic mass is 10.0. The summed E-state index contributed by atoms with van der Waals surface area (Å²) in [6.07, 6.45) is 0.880. The third-order valence-corrected chi connectivity index (χ3v) is 4.99. The number of hydrogen-bond donors (Lipinski definition) is 1. The smallest absolute Gasteiger partial charge is 0.306 e. The zero-order chi connectivity index (χ0) is 24.0. The first kappa shape index (κ1) is 23.8. The second-order valence-electron chi connectivity index (χ2n) is 7.35. The molecular formula is C24H26N2O7. The highest BCUT2D eigenvalue weighted by Gasteiger charge is 2.15. The van der Waals surface area contributed by atoms with Crippen LogP contribution in [0.3, 0.4) is 0 Å². The van der Waals surface area contributed by atoms with Crippen LogP contribution in [0.5, 0.6) is 17.2 Å². The number of nitrogens with zero attached hydrogens (tertiary/aromatic N) is 1. The standard InChI is InChI=1S/C24H26N2O7/c1-14-10-16(11-15(2)22(14)33-9-8-32-20(28)6-5-7-27)23-25-18-12-17(30-3)13-19(31-4)21(18)24(29)26-23/h7,10-13H,5-6,8-9H2,1-4H3,(H,25,26,29). The van der Waals surface area contributed by atoms with Crippen LogP contribution in [-0.2, 0) is 14.3 Å². The van der Waals surface area contributed by atoms with Gasteiger partial charge in [-0.05, 0) is 37.1 Å². The van der Waals surface area contributed by atoms with Gasteiger partial charge in [-0.1, -0.05) is 0 Å². The van der Waals surface area contributed by atoms with E-state index in [2.05, 4.69) is 9.97 Å². The fourth-order valence-corrected chi connectivity index (χ4v) is 3.49. The van der Waals surface area contributed by atoms with Crippen molar-refractivity contribution in [1.82, 2.24) is 9.97 Å². The van der Waals surface area contributed by atoms with Gasteiger partial charge in [-0.25, -0.2) is 4.98 Å². The molecule has 0 bridgehead atoms. The minimum atomic E-state index is -0.436. The van der Waals surface area contributed by atoms with E-state index in [1.807, 2.05) is 26.0 Å². The highest BCUT2D eigenvalue weighted by Crippen LogP contribution is 2.31. The molecule has 3 aromatic rings. The van der Waals surface area contributed by atoms with E-state index in [0.717, 1.165) is 16.7 Å². The molecule has 1 aromatic heterocycles. The number of methoxy groups -OCH3 is 2. The van der Waals surface area contributed by atoms with Gasteiger partial charge in [0.25, 0.3) is 5.56 Å². The van der Waals surface area contributed by atoms with Crippen LogP contribution in [0.1, 0.15) is 24.0 Å². The van der Waals surface area contributed by atoms with Gasteiger partial charge in [0.1, 0.15) is 48.0 Å². The van der Waals surface area contributed by atoms with Gasteiger partial charge >= 0.3 is 5.97 Å². The lowest BCUT2D eigenvalue weighted by molar-refractivity contribution is -0.144. The van der Waals surface area contributed by atoms with E-state index < -0.39 is 5.97 Å². The Kier molecular flexibility index (Phi) is 7.66. The Bertz CT molecular complexity index is 1210. The zero-order valence-corrected chi connectivity index (χ0v) is 19.0. The van der Waals surface area contributed by atoms with E-state index in [1.54, 1.807) is 12.1 Å². The number of aldehydes is 1. The molecule has 0 aliphatic heterocycles. The lowest BCUT2D eigenvalue weighted by Crippen LogP contribution is -2.13. The number of rotatable bonds is 10. The summed E-state index contributed by atoms with van der Waals surface area (Å²) in [5, 5.41) is 0.345. The van der Waals surface area contributed by atoms with Crippen molar-refractivity contribution in [1.29, 1.82) is 0 Å². The van der Waals surface area contributed by atoms with Gasteiger partial charge in [0, 0.05) is 24.1 Å². The molecule has 33 heavy (non-hydrogen) atoms. The fourth-order valence-electron chi connectivity index (χ4n) is 3.49. The highest BCUT2D eigenvalue weighted by molar-refractivity contribution is 5.87. The van der Waals surface area contributed by atoms with Crippen molar-refractivity contribution in [3.05, 3.63) is 45.7 Å². The molecule has 0 spiro atoms. The van der Waals surface area contributed by atoms with Gasteiger partial charge in [-0.3, -0.25) is 9.59 Å². The molecular weight excluding hydrogens is 428 g/mol. The maximum Gasteiger partial charge on any atom is 0.306 e.